The van der Waals surface area contributed by atoms with Crippen LogP contribution in [0.2, 0.25) is 0 Å². The van der Waals surface area contributed by atoms with Crippen LogP contribution in [0.4, 0.5) is 28.4 Å². The van der Waals surface area contributed by atoms with Crippen molar-refractivity contribution in [1.82, 2.24) is 29.5 Å². The van der Waals surface area contributed by atoms with Crippen LogP contribution in [0.25, 0.3) is 11.0 Å². The van der Waals surface area contributed by atoms with Gasteiger partial charge in [-0.05, 0) is 69.6 Å². The number of hydrogen-bond donors (Lipinski definition) is 5. The molecule has 4 saturated carbocycles. The molecule has 18 nitrogen and oxygen atoms in total. The van der Waals surface area contributed by atoms with Crippen molar-refractivity contribution in [1.29, 1.82) is 0 Å². The third kappa shape index (κ3) is 11.4. The van der Waals surface area contributed by atoms with E-state index in [0.29, 0.717) is 29.9 Å². The highest BCUT2D eigenvalue weighted by atomic mass is 16.6. The zero-order chi connectivity index (χ0) is 37.0. The van der Waals surface area contributed by atoms with Crippen LogP contribution in [-0.2, 0) is 0 Å². The molecule has 0 saturated heterocycles. The van der Waals surface area contributed by atoms with Gasteiger partial charge in [0.2, 0.25) is 0 Å². The number of rotatable bonds is 8. The van der Waals surface area contributed by atoms with Crippen molar-refractivity contribution in [3.8, 4) is 5.75 Å². The summed E-state index contributed by atoms with van der Waals surface area (Å²) in [6, 6.07) is 8.94. The first-order valence-electron chi connectivity index (χ1n) is 16.9. The van der Waals surface area contributed by atoms with E-state index in [1.165, 1.54) is 51.3 Å². The molecule has 0 amide bonds. The summed E-state index contributed by atoms with van der Waals surface area (Å²) in [5.74, 6) is 0.227. The fourth-order valence-electron chi connectivity index (χ4n) is 4.54. The first-order chi connectivity index (χ1) is 25.1. The van der Waals surface area contributed by atoms with Crippen molar-refractivity contribution in [3.05, 3.63) is 105 Å². The molecule has 274 valence electrons. The van der Waals surface area contributed by atoms with Crippen molar-refractivity contribution in [2.24, 2.45) is 5.73 Å². The van der Waals surface area contributed by atoms with Crippen molar-refractivity contribution in [3.63, 3.8) is 0 Å². The minimum Gasteiger partial charge on any atom is -0.490 e. The largest absolute Gasteiger partial charge is 0.490 e. The molecule has 4 aliphatic carbocycles. The molecule has 0 unspecified atom stereocenters. The molecular formula is C34H42N12O6. The summed E-state index contributed by atoms with van der Waals surface area (Å²) >= 11 is 0. The molecular weight excluding hydrogens is 672 g/mol. The number of imidazole rings is 1. The summed E-state index contributed by atoms with van der Waals surface area (Å²) in [6.45, 7) is 0. The first kappa shape index (κ1) is 37.1. The number of methoxy groups -OCH3 is 1. The van der Waals surface area contributed by atoms with Crippen LogP contribution in [0.15, 0.2) is 78.6 Å². The highest BCUT2D eigenvalue weighted by Crippen LogP contribution is 2.35. The van der Waals surface area contributed by atoms with E-state index in [2.05, 4.69) is 35.6 Å². The number of aromatic nitrogens is 6. The SMILES string of the molecule is COc1ccncc1[N+](=O)[O-].NC1CC1.Nc1cnccc1NC1CC1.O=[N+]([O-])c1cnccc1NC1CC1.O=c1[nH]c2cnccc2n1C1CC1. The van der Waals surface area contributed by atoms with E-state index in [-0.39, 0.29) is 22.8 Å². The lowest BCUT2D eigenvalue weighted by atomic mass is 10.3. The van der Waals surface area contributed by atoms with Crippen molar-refractivity contribution in [2.75, 3.05) is 23.5 Å². The zero-order valence-corrected chi connectivity index (χ0v) is 28.6. The quantitative estimate of drug-likeness (QED) is 0.105. The van der Waals surface area contributed by atoms with Crippen LogP contribution in [0.5, 0.6) is 5.75 Å². The van der Waals surface area contributed by atoms with E-state index < -0.39 is 9.85 Å². The zero-order valence-electron chi connectivity index (χ0n) is 28.6. The van der Waals surface area contributed by atoms with E-state index in [1.54, 1.807) is 37.1 Å². The van der Waals surface area contributed by atoms with Gasteiger partial charge in [-0.25, -0.2) is 4.79 Å². The molecule has 4 aliphatic rings. The Bertz CT molecular complexity index is 2000. The highest BCUT2D eigenvalue weighted by Gasteiger charge is 2.27. The van der Waals surface area contributed by atoms with Gasteiger partial charge in [0.15, 0.2) is 5.75 Å². The number of hydrogen-bond acceptors (Lipinski definition) is 14. The second-order valence-corrected chi connectivity index (χ2v) is 12.5. The van der Waals surface area contributed by atoms with Gasteiger partial charge >= 0.3 is 17.1 Å². The molecule has 18 heteroatoms. The number of nitrogens with zero attached hydrogens (tertiary/aromatic N) is 7. The molecule has 0 atom stereocenters. The van der Waals surface area contributed by atoms with Crippen LogP contribution in [0, 0.1) is 20.2 Å². The van der Waals surface area contributed by atoms with Gasteiger partial charge < -0.3 is 31.8 Å². The van der Waals surface area contributed by atoms with Gasteiger partial charge in [0.05, 0.1) is 51.8 Å². The summed E-state index contributed by atoms with van der Waals surface area (Å²) in [5.41, 5.74) is 15.0. The standard InChI is InChI=1S/C9H9N3O.C8H9N3O2.C8H11N3.C6H6N2O3.C3H7N/c13-9-11-7-5-10-4-3-8(7)12(9)6-1-2-6;12-11(13)8-5-9-4-3-7(8)10-6-1-2-6;9-7-5-10-4-3-8(7)11-6-1-2-6;1-11-6-2-3-7-4-5(6)8(9)10;4-3-1-2-3/h3-6H,1-2H2,(H,11,13);3-6H,1-2H2,(H,9,10);3-6H,1-2,9H2,(H,10,11);2-4H,1H3;3H,1-2,4H2. The van der Waals surface area contributed by atoms with Gasteiger partial charge in [0.1, 0.15) is 18.1 Å². The maximum atomic E-state index is 11.5. The fraction of sp³-hybridized carbons (Fsp3) is 0.382. The normalized spacial score (nSPS) is 15.4. The van der Waals surface area contributed by atoms with E-state index in [9.17, 15) is 25.0 Å². The molecule has 5 aromatic heterocycles. The Labute approximate surface area is 298 Å². The average Bonchev–Trinajstić information content (AvgIpc) is 3.91. The molecule has 5 heterocycles. The predicted molar refractivity (Wildman–Crippen MR) is 196 cm³/mol. The summed E-state index contributed by atoms with van der Waals surface area (Å²) < 4.78 is 6.56. The maximum Gasteiger partial charge on any atom is 0.328 e. The molecule has 5 aromatic rings. The monoisotopic (exact) mass is 714 g/mol. The molecule has 0 bridgehead atoms. The van der Waals surface area contributed by atoms with Gasteiger partial charge in [0, 0.05) is 55.0 Å². The molecule has 9 rings (SSSR count). The van der Waals surface area contributed by atoms with Crippen LogP contribution >= 0.6 is 0 Å². The van der Waals surface area contributed by atoms with Gasteiger partial charge in [-0.3, -0.25) is 44.7 Å². The number of nitrogen functional groups attached to an aromatic ring is 1. The Morgan fingerprint density at radius 2 is 1.29 bits per heavy atom. The Morgan fingerprint density at radius 3 is 1.81 bits per heavy atom. The smallest absolute Gasteiger partial charge is 0.328 e. The minimum atomic E-state index is -0.536. The summed E-state index contributed by atoms with van der Waals surface area (Å²) in [7, 11) is 1.38. The number of pyridine rings is 4. The first-order valence-corrected chi connectivity index (χ1v) is 16.9. The second-order valence-electron chi connectivity index (χ2n) is 12.5. The minimum absolute atomic E-state index is 0.00880. The van der Waals surface area contributed by atoms with Crippen molar-refractivity contribution < 1.29 is 14.6 Å². The Kier molecular flexibility index (Phi) is 12.6. The molecule has 52 heavy (non-hydrogen) atoms. The van der Waals surface area contributed by atoms with Crippen LogP contribution < -0.4 is 32.5 Å². The number of fused-ring (bicyclic) bond motifs is 1. The van der Waals surface area contributed by atoms with Gasteiger partial charge in [0.25, 0.3) is 0 Å². The second kappa shape index (κ2) is 17.7. The molecule has 0 spiro atoms. The summed E-state index contributed by atoms with van der Waals surface area (Å²) in [5, 5.41) is 27.2. The molecule has 7 N–H and O–H groups in total. The van der Waals surface area contributed by atoms with Gasteiger partial charge in [-0.15, -0.1) is 0 Å². The number of anilines is 3. The average molecular weight is 715 g/mol. The maximum absolute atomic E-state index is 11.5. The highest BCUT2D eigenvalue weighted by molar-refractivity contribution is 5.74. The number of nitrogens with one attached hydrogen (secondary N) is 3. The topological polar surface area (TPSA) is 261 Å². The summed E-state index contributed by atoms with van der Waals surface area (Å²) in [6.07, 6.45) is 21.7. The van der Waals surface area contributed by atoms with E-state index in [1.807, 2.05) is 16.7 Å². The van der Waals surface area contributed by atoms with E-state index >= 15 is 0 Å². The molecule has 4 fully saturated rings. The van der Waals surface area contributed by atoms with Gasteiger partial charge in [-0.1, -0.05) is 0 Å². The molecule has 0 aliphatic heterocycles. The van der Waals surface area contributed by atoms with Crippen molar-refractivity contribution >= 4 is 39.5 Å². The third-order valence-electron chi connectivity index (χ3n) is 7.95. The number of aromatic amines is 1. The lowest BCUT2D eigenvalue weighted by Crippen LogP contribution is -2.14. The Hall–Kier alpha value is -6.17. The van der Waals surface area contributed by atoms with E-state index in [0.717, 1.165) is 54.3 Å². The lowest BCUT2D eigenvalue weighted by molar-refractivity contribution is -0.386. The number of nitro groups is 2. The molecule has 0 aromatic carbocycles. The van der Waals surface area contributed by atoms with Crippen molar-refractivity contribution in [2.45, 2.75) is 75.5 Å². The molecule has 0 radical (unpaired) electrons. The van der Waals surface area contributed by atoms with Crippen LogP contribution in [0.1, 0.15) is 57.4 Å². The summed E-state index contributed by atoms with van der Waals surface area (Å²) in [4.78, 5) is 49.3. The number of ether oxygens (including phenoxy) is 1. The lowest BCUT2D eigenvalue weighted by Gasteiger charge is -2.05. The third-order valence-corrected chi connectivity index (χ3v) is 7.95. The van der Waals surface area contributed by atoms with Crippen LogP contribution in [0.3, 0.4) is 0 Å². The van der Waals surface area contributed by atoms with Crippen LogP contribution in [-0.4, -0.2) is 64.6 Å². The Balaban J connectivity index is 0.000000130. The predicted octanol–water partition coefficient (Wildman–Crippen LogP) is 4.97. The Morgan fingerprint density at radius 1 is 0.769 bits per heavy atom. The van der Waals surface area contributed by atoms with Gasteiger partial charge in [-0.2, -0.15) is 0 Å². The number of nitrogens with two attached hydrogens (primary N) is 2. The number of H-pyrrole nitrogens is 1. The van der Waals surface area contributed by atoms with E-state index in [4.69, 9.17) is 16.2 Å². The fourth-order valence-corrected chi connectivity index (χ4v) is 4.54.